The molecule has 0 N–H and O–H groups in total. The van der Waals surface area contributed by atoms with E-state index in [-0.39, 0.29) is 11.9 Å². The lowest BCUT2D eigenvalue weighted by atomic mass is 9.97. The molecule has 5 rings (SSSR count). The zero-order valence-electron chi connectivity index (χ0n) is 20.4. The second kappa shape index (κ2) is 9.70. The molecule has 1 aliphatic rings. The maximum atomic E-state index is 13.6. The van der Waals surface area contributed by atoms with Gasteiger partial charge in [-0.2, -0.15) is 0 Å². The number of carbonyl (C=O) groups is 2. The highest BCUT2D eigenvalue weighted by molar-refractivity contribution is 6.22. The zero-order chi connectivity index (χ0) is 25.1. The number of rotatable bonds is 7. The molecule has 5 nitrogen and oxygen atoms in total. The Bertz CT molecular complexity index is 1370. The Morgan fingerprint density at radius 3 is 1.89 bits per heavy atom. The SMILES string of the molecule is CC1(C)C(=O)N(c2ccc(Oc3ccccc3)cc2)C(=O)N1Cc1ccccc1Cc1ccccc1. The number of benzene rings is 4. The van der Waals surface area contributed by atoms with E-state index in [0.29, 0.717) is 18.0 Å². The van der Waals surface area contributed by atoms with Crippen molar-refractivity contribution in [1.29, 1.82) is 0 Å². The standard InChI is InChI=1S/C31H28N2O3/c1-31(2)29(34)33(26-17-19-28(20-18-26)36-27-15-7-4-8-16-27)30(35)32(31)22-25-14-10-9-13-24(25)21-23-11-5-3-6-12-23/h3-20H,21-22H2,1-2H3. The van der Waals surface area contributed by atoms with Gasteiger partial charge in [0.1, 0.15) is 17.0 Å². The molecule has 4 aromatic carbocycles. The molecule has 0 bridgehead atoms. The number of nitrogens with zero attached hydrogens (tertiary/aromatic N) is 2. The van der Waals surface area contributed by atoms with Gasteiger partial charge in [0, 0.05) is 6.54 Å². The lowest BCUT2D eigenvalue weighted by Crippen LogP contribution is -2.43. The van der Waals surface area contributed by atoms with Gasteiger partial charge in [0.25, 0.3) is 5.91 Å². The minimum absolute atomic E-state index is 0.246. The van der Waals surface area contributed by atoms with E-state index in [2.05, 4.69) is 18.2 Å². The molecule has 0 spiro atoms. The average molecular weight is 477 g/mol. The van der Waals surface area contributed by atoms with Crippen molar-refractivity contribution in [2.45, 2.75) is 32.4 Å². The Balaban J connectivity index is 1.37. The quantitative estimate of drug-likeness (QED) is 0.275. The van der Waals surface area contributed by atoms with Gasteiger partial charge in [0.05, 0.1) is 5.69 Å². The van der Waals surface area contributed by atoms with E-state index in [9.17, 15) is 9.59 Å². The smallest absolute Gasteiger partial charge is 0.332 e. The van der Waals surface area contributed by atoms with Crippen molar-refractivity contribution in [2.75, 3.05) is 4.90 Å². The van der Waals surface area contributed by atoms with Crippen LogP contribution in [0.2, 0.25) is 0 Å². The maximum Gasteiger partial charge on any atom is 0.332 e. The summed E-state index contributed by atoms with van der Waals surface area (Å²) >= 11 is 0. The Morgan fingerprint density at radius 1 is 0.667 bits per heavy atom. The van der Waals surface area contributed by atoms with Crippen molar-refractivity contribution >= 4 is 17.6 Å². The molecular weight excluding hydrogens is 448 g/mol. The predicted molar refractivity (Wildman–Crippen MR) is 141 cm³/mol. The molecule has 0 aliphatic carbocycles. The molecule has 36 heavy (non-hydrogen) atoms. The van der Waals surface area contributed by atoms with Crippen LogP contribution in [-0.4, -0.2) is 22.4 Å². The number of amides is 3. The van der Waals surface area contributed by atoms with Gasteiger partial charge in [-0.1, -0.05) is 72.8 Å². The molecule has 0 aromatic heterocycles. The van der Waals surface area contributed by atoms with E-state index in [1.807, 2.05) is 66.7 Å². The first-order chi connectivity index (χ1) is 17.4. The Kier molecular flexibility index (Phi) is 6.30. The number of ether oxygens (including phenoxy) is 1. The van der Waals surface area contributed by atoms with Gasteiger partial charge in [-0.15, -0.1) is 0 Å². The highest BCUT2D eigenvalue weighted by Crippen LogP contribution is 2.35. The molecule has 1 fully saturated rings. The molecule has 0 unspecified atom stereocenters. The van der Waals surface area contributed by atoms with Crippen molar-refractivity contribution < 1.29 is 14.3 Å². The van der Waals surface area contributed by atoms with Gasteiger partial charge >= 0.3 is 6.03 Å². The molecule has 0 radical (unpaired) electrons. The van der Waals surface area contributed by atoms with Gasteiger partial charge in [0.15, 0.2) is 0 Å². The van der Waals surface area contributed by atoms with Crippen molar-refractivity contribution in [2.24, 2.45) is 0 Å². The van der Waals surface area contributed by atoms with Gasteiger partial charge < -0.3 is 9.64 Å². The molecule has 3 amide bonds. The van der Waals surface area contributed by atoms with Gasteiger partial charge in [-0.05, 0) is 73.4 Å². The summed E-state index contributed by atoms with van der Waals surface area (Å²) in [5, 5.41) is 0. The first kappa shape index (κ1) is 23.4. The molecule has 0 atom stereocenters. The van der Waals surface area contributed by atoms with Crippen molar-refractivity contribution in [1.82, 2.24) is 4.90 Å². The molecule has 180 valence electrons. The number of hydrogen-bond donors (Lipinski definition) is 0. The van der Waals surface area contributed by atoms with Crippen LogP contribution < -0.4 is 9.64 Å². The largest absolute Gasteiger partial charge is 0.457 e. The van der Waals surface area contributed by atoms with Crippen LogP contribution in [-0.2, 0) is 17.8 Å². The van der Waals surface area contributed by atoms with Crippen LogP contribution in [0.1, 0.15) is 30.5 Å². The molecule has 4 aromatic rings. The second-order valence-corrected chi connectivity index (χ2v) is 9.41. The molecular formula is C31H28N2O3. The van der Waals surface area contributed by atoms with E-state index in [4.69, 9.17) is 4.74 Å². The summed E-state index contributed by atoms with van der Waals surface area (Å²) in [6.07, 6.45) is 0.764. The fourth-order valence-corrected chi connectivity index (χ4v) is 4.49. The van der Waals surface area contributed by atoms with Crippen LogP contribution in [0.4, 0.5) is 10.5 Å². The van der Waals surface area contributed by atoms with Crippen molar-refractivity contribution in [3.8, 4) is 11.5 Å². The van der Waals surface area contributed by atoms with E-state index in [1.54, 1.807) is 43.0 Å². The Hall–Kier alpha value is -4.38. The minimum Gasteiger partial charge on any atom is -0.457 e. The fraction of sp³-hybridized carbons (Fsp3) is 0.161. The molecule has 0 saturated carbocycles. The number of para-hydroxylation sites is 1. The molecule has 1 heterocycles. The monoisotopic (exact) mass is 476 g/mol. The first-order valence-corrected chi connectivity index (χ1v) is 12.0. The summed E-state index contributed by atoms with van der Waals surface area (Å²) in [6.45, 7) is 3.96. The zero-order valence-corrected chi connectivity index (χ0v) is 20.4. The minimum atomic E-state index is -0.976. The first-order valence-electron chi connectivity index (χ1n) is 12.0. The van der Waals surface area contributed by atoms with Gasteiger partial charge in [-0.25, -0.2) is 9.69 Å². The summed E-state index contributed by atoms with van der Waals surface area (Å²) in [7, 11) is 0. The van der Waals surface area contributed by atoms with Crippen LogP contribution in [0.5, 0.6) is 11.5 Å². The lowest BCUT2D eigenvalue weighted by molar-refractivity contribution is -0.123. The van der Waals surface area contributed by atoms with E-state index in [0.717, 1.165) is 23.3 Å². The number of carbonyl (C=O) groups excluding carboxylic acids is 2. The number of urea groups is 1. The molecule has 1 aliphatic heterocycles. The second-order valence-electron chi connectivity index (χ2n) is 9.41. The topological polar surface area (TPSA) is 49.9 Å². The van der Waals surface area contributed by atoms with Crippen LogP contribution >= 0.6 is 0 Å². The third kappa shape index (κ3) is 4.60. The number of imide groups is 1. The molecule has 1 saturated heterocycles. The maximum absolute atomic E-state index is 13.6. The van der Waals surface area contributed by atoms with Crippen LogP contribution in [0.15, 0.2) is 109 Å². The highest BCUT2D eigenvalue weighted by Gasteiger charge is 2.51. The summed E-state index contributed by atoms with van der Waals surface area (Å²) in [5.74, 6) is 1.11. The Morgan fingerprint density at radius 2 is 1.22 bits per heavy atom. The number of anilines is 1. The van der Waals surface area contributed by atoms with E-state index < -0.39 is 5.54 Å². The normalized spacial score (nSPS) is 14.8. The van der Waals surface area contributed by atoms with Crippen molar-refractivity contribution in [3.05, 3.63) is 126 Å². The lowest BCUT2D eigenvalue weighted by Gasteiger charge is -2.28. The van der Waals surface area contributed by atoms with Crippen LogP contribution in [0, 0.1) is 0 Å². The Labute approximate surface area is 211 Å². The predicted octanol–water partition coefficient (Wildman–Crippen LogP) is 6.82. The van der Waals surface area contributed by atoms with Crippen LogP contribution in [0.3, 0.4) is 0 Å². The number of hydrogen-bond acceptors (Lipinski definition) is 3. The van der Waals surface area contributed by atoms with E-state index >= 15 is 0 Å². The van der Waals surface area contributed by atoms with Gasteiger partial charge in [-0.3, -0.25) is 4.79 Å². The highest BCUT2D eigenvalue weighted by atomic mass is 16.5. The average Bonchev–Trinajstić information content (AvgIpc) is 3.06. The third-order valence-corrected chi connectivity index (χ3v) is 6.58. The van der Waals surface area contributed by atoms with E-state index in [1.165, 1.54) is 10.5 Å². The third-order valence-electron chi connectivity index (χ3n) is 6.58. The summed E-state index contributed by atoms with van der Waals surface area (Å²) in [5.41, 5.74) is 2.92. The molecule has 5 heteroatoms. The van der Waals surface area contributed by atoms with Gasteiger partial charge in [0.2, 0.25) is 0 Å². The van der Waals surface area contributed by atoms with Crippen molar-refractivity contribution in [3.63, 3.8) is 0 Å². The summed E-state index contributed by atoms with van der Waals surface area (Å²) in [4.78, 5) is 29.9. The summed E-state index contributed by atoms with van der Waals surface area (Å²) < 4.78 is 5.85. The summed E-state index contributed by atoms with van der Waals surface area (Å²) in [6, 6.07) is 34.5. The fourth-order valence-electron chi connectivity index (χ4n) is 4.49. The van der Waals surface area contributed by atoms with Crippen LogP contribution in [0.25, 0.3) is 0 Å².